The molecule has 2 rings (SSSR count). The summed E-state index contributed by atoms with van der Waals surface area (Å²) in [5, 5.41) is 31.8. The number of carbonyl (C=O) groups is 1. The van der Waals surface area contributed by atoms with Gasteiger partial charge in [-0.05, 0) is 0 Å². The standard InChI is InChI=1S/C11H19N2O8P/c1-2-22(18,19)20-5-6-8(15)9(16)10(21-6)13-4-3-7(14)12-11(13)17/h3-4,6,8-11,15-17H,2,5H2,1H3,(H,12,14)(H,18,19). The van der Waals surface area contributed by atoms with Gasteiger partial charge in [-0.3, -0.25) is 9.36 Å². The topological polar surface area (TPSA) is 149 Å². The van der Waals surface area contributed by atoms with Gasteiger partial charge in [0.25, 0.3) is 0 Å². The van der Waals surface area contributed by atoms with Crippen molar-refractivity contribution in [1.29, 1.82) is 0 Å². The molecule has 22 heavy (non-hydrogen) atoms. The van der Waals surface area contributed by atoms with Crippen LogP contribution in [0.25, 0.3) is 0 Å². The number of nitrogens with one attached hydrogen (secondary N) is 1. The van der Waals surface area contributed by atoms with Gasteiger partial charge in [0.15, 0.2) is 6.23 Å². The third kappa shape index (κ3) is 3.66. The third-order valence-corrected chi connectivity index (χ3v) is 4.77. The van der Waals surface area contributed by atoms with Crippen LogP contribution in [-0.4, -0.2) is 74.7 Å². The Bertz CT molecular complexity index is 500. The van der Waals surface area contributed by atoms with Crippen LogP contribution in [-0.2, 0) is 18.6 Å². The first kappa shape index (κ1) is 17.4. The number of amides is 1. The van der Waals surface area contributed by atoms with Crippen LogP contribution in [0.15, 0.2) is 12.3 Å². The lowest BCUT2D eigenvalue weighted by Gasteiger charge is -2.35. The molecule has 2 heterocycles. The predicted molar refractivity (Wildman–Crippen MR) is 72.1 cm³/mol. The van der Waals surface area contributed by atoms with Crippen molar-refractivity contribution in [1.82, 2.24) is 10.2 Å². The fraction of sp³-hybridized carbons (Fsp3) is 0.727. The van der Waals surface area contributed by atoms with Crippen molar-refractivity contribution in [2.24, 2.45) is 0 Å². The fourth-order valence-electron chi connectivity index (χ4n) is 2.10. The van der Waals surface area contributed by atoms with Crippen molar-refractivity contribution >= 4 is 13.5 Å². The Hall–Kier alpha value is -1.00. The highest BCUT2D eigenvalue weighted by Crippen LogP contribution is 2.42. The van der Waals surface area contributed by atoms with E-state index in [0.29, 0.717) is 0 Å². The molecular formula is C11H19N2O8P. The zero-order valence-electron chi connectivity index (χ0n) is 11.8. The fourth-order valence-corrected chi connectivity index (χ4v) is 2.67. The highest BCUT2D eigenvalue weighted by Gasteiger charge is 2.47. The van der Waals surface area contributed by atoms with Gasteiger partial charge in [0.05, 0.1) is 6.61 Å². The molecule has 0 saturated carbocycles. The van der Waals surface area contributed by atoms with Crippen molar-refractivity contribution in [2.75, 3.05) is 12.8 Å². The lowest BCUT2D eigenvalue weighted by molar-refractivity contribution is -0.152. The molecule has 0 bridgehead atoms. The highest BCUT2D eigenvalue weighted by molar-refractivity contribution is 7.52. The van der Waals surface area contributed by atoms with Crippen molar-refractivity contribution in [3.63, 3.8) is 0 Å². The Morgan fingerprint density at radius 2 is 2.09 bits per heavy atom. The number of ether oxygens (including phenoxy) is 1. The number of nitrogens with zero attached hydrogens (tertiary/aromatic N) is 1. The minimum Gasteiger partial charge on any atom is -0.387 e. The van der Waals surface area contributed by atoms with Crippen LogP contribution in [0, 0.1) is 0 Å². The third-order valence-electron chi connectivity index (χ3n) is 3.42. The average molecular weight is 338 g/mol. The monoisotopic (exact) mass is 338 g/mol. The number of carbonyl (C=O) groups excluding carboxylic acids is 1. The maximum atomic E-state index is 11.4. The molecule has 10 nitrogen and oxygen atoms in total. The zero-order valence-corrected chi connectivity index (χ0v) is 12.7. The Kier molecular flexibility index (Phi) is 5.23. The smallest absolute Gasteiger partial charge is 0.327 e. The van der Waals surface area contributed by atoms with Crippen molar-refractivity contribution in [3.05, 3.63) is 12.3 Å². The summed E-state index contributed by atoms with van der Waals surface area (Å²) in [6.07, 6.45) is -4.15. The molecule has 1 saturated heterocycles. The van der Waals surface area contributed by atoms with Gasteiger partial charge in [-0.15, -0.1) is 0 Å². The molecule has 6 unspecified atom stereocenters. The van der Waals surface area contributed by atoms with E-state index in [2.05, 4.69) is 5.32 Å². The summed E-state index contributed by atoms with van der Waals surface area (Å²) >= 11 is 0. The van der Waals surface area contributed by atoms with Gasteiger partial charge in [0, 0.05) is 18.4 Å². The van der Waals surface area contributed by atoms with Crippen molar-refractivity contribution < 1.29 is 38.8 Å². The van der Waals surface area contributed by atoms with E-state index in [1.54, 1.807) is 0 Å². The summed E-state index contributed by atoms with van der Waals surface area (Å²) in [7, 11) is -3.75. The zero-order chi connectivity index (χ0) is 16.5. The molecule has 5 N–H and O–H groups in total. The van der Waals surface area contributed by atoms with Gasteiger partial charge in [-0.25, -0.2) is 0 Å². The molecule has 6 atom stereocenters. The molecule has 1 amide bonds. The summed E-state index contributed by atoms with van der Waals surface area (Å²) in [6.45, 7) is 1.08. The summed E-state index contributed by atoms with van der Waals surface area (Å²) in [6, 6.07) is 0. The molecule has 0 aliphatic carbocycles. The average Bonchev–Trinajstić information content (AvgIpc) is 2.73. The van der Waals surface area contributed by atoms with Crippen LogP contribution in [0.1, 0.15) is 6.92 Å². The van der Waals surface area contributed by atoms with E-state index in [1.165, 1.54) is 13.1 Å². The Morgan fingerprint density at radius 3 is 2.68 bits per heavy atom. The first-order chi connectivity index (χ1) is 10.2. The minimum absolute atomic E-state index is 0.0958. The van der Waals surface area contributed by atoms with Gasteiger partial charge in [-0.1, -0.05) is 6.92 Å². The number of hydrogen-bond acceptors (Lipinski definition) is 8. The van der Waals surface area contributed by atoms with Crippen LogP contribution in [0.5, 0.6) is 0 Å². The molecule has 0 aromatic rings. The van der Waals surface area contributed by atoms with E-state index in [4.69, 9.17) is 9.26 Å². The number of rotatable bonds is 5. The SMILES string of the molecule is CCP(=O)(O)OCC1OC(N2C=CC(=O)NC2O)C(O)C1O. The van der Waals surface area contributed by atoms with E-state index in [9.17, 15) is 29.6 Å². The molecular weight excluding hydrogens is 319 g/mol. The Balaban J connectivity index is 2.02. The van der Waals surface area contributed by atoms with E-state index >= 15 is 0 Å². The Labute approximate surface area is 126 Å². The first-order valence-corrected chi connectivity index (χ1v) is 8.43. The largest absolute Gasteiger partial charge is 0.387 e. The quantitative estimate of drug-likeness (QED) is 0.355. The van der Waals surface area contributed by atoms with E-state index < -0.39 is 51.0 Å². The second-order valence-corrected chi connectivity index (χ2v) is 7.11. The lowest BCUT2D eigenvalue weighted by Crippen LogP contribution is -2.55. The normalized spacial score (nSPS) is 38.0. The van der Waals surface area contributed by atoms with Crippen LogP contribution in [0.2, 0.25) is 0 Å². The second-order valence-electron chi connectivity index (χ2n) is 4.94. The molecule has 126 valence electrons. The van der Waals surface area contributed by atoms with E-state index in [1.807, 2.05) is 0 Å². The summed E-state index contributed by atoms with van der Waals surface area (Å²) in [5.41, 5.74) is 0. The van der Waals surface area contributed by atoms with Gasteiger partial charge in [-0.2, -0.15) is 0 Å². The number of aliphatic hydroxyl groups excluding tert-OH is 3. The molecule has 0 radical (unpaired) electrons. The Morgan fingerprint density at radius 1 is 1.41 bits per heavy atom. The molecule has 2 aliphatic heterocycles. The minimum atomic E-state index is -3.75. The van der Waals surface area contributed by atoms with Gasteiger partial charge < -0.3 is 39.7 Å². The van der Waals surface area contributed by atoms with Crippen molar-refractivity contribution in [3.8, 4) is 0 Å². The molecule has 0 spiro atoms. The molecule has 1 fully saturated rings. The molecule has 2 aliphatic rings. The highest BCUT2D eigenvalue weighted by atomic mass is 31.2. The van der Waals surface area contributed by atoms with E-state index in [-0.39, 0.29) is 6.16 Å². The summed E-state index contributed by atoms with van der Waals surface area (Å²) in [4.78, 5) is 21.5. The number of aliphatic hydroxyl groups is 3. The van der Waals surface area contributed by atoms with Crippen LogP contribution in [0.3, 0.4) is 0 Å². The van der Waals surface area contributed by atoms with Gasteiger partial charge >= 0.3 is 7.60 Å². The van der Waals surface area contributed by atoms with E-state index in [0.717, 1.165) is 11.0 Å². The summed E-state index contributed by atoms with van der Waals surface area (Å²) < 4.78 is 21.6. The van der Waals surface area contributed by atoms with Gasteiger partial charge in [0.1, 0.15) is 18.3 Å². The van der Waals surface area contributed by atoms with Crippen molar-refractivity contribution in [2.45, 2.75) is 37.8 Å². The van der Waals surface area contributed by atoms with Crippen LogP contribution in [0.4, 0.5) is 0 Å². The molecule has 0 aromatic heterocycles. The summed E-state index contributed by atoms with van der Waals surface area (Å²) in [5.74, 6) is -0.513. The predicted octanol–water partition coefficient (Wildman–Crippen LogP) is -2.12. The first-order valence-electron chi connectivity index (χ1n) is 6.67. The van der Waals surface area contributed by atoms with Gasteiger partial charge in [0.2, 0.25) is 12.3 Å². The van der Waals surface area contributed by atoms with Crippen LogP contribution >= 0.6 is 7.60 Å². The molecule has 11 heteroatoms. The lowest BCUT2D eigenvalue weighted by atomic mass is 10.1. The number of hydrogen-bond donors (Lipinski definition) is 5. The maximum absolute atomic E-state index is 11.4. The second kappa shape index (κ2) is 6.63. The maximum Gasteiger partial charge on any atom is 0.327 e. The molecule has 0 aromatic carbocycles. The van der Waals surface area contributed by atoms with Crippen LogP contribution < -0.4 is 5.32 Å².